The van der Waals surface area contributed by atoms with Gasteiger partial charge in [0.2, 0.25) is 0 Å². The fourth-order valence-electron chi connectivity index (χ4n) is 4.05. The topological polar surface area (TPSA) is 29.3 Å². The summed E-state index contributed by atoms with van der Waals surface area (Å²) in [6.07, 6.45) is 24.7. The average Bonchev–Trinajstić information content (AvgIpc) is 2.62. The molecule has 0 aromatic heterocycles. The molecule has 160 valence electrons. The maximum absolute atomic E-state index is 6.33. The second-order valence-corrected chi connectivity index (χ2v) is 8.82. The summed E-state index contributed by atoms with van der Waals surface area (Å²) in [5, 5.41) is 0. The second kappa shape index (κ2) is 17.6. The Hall–Kier alpha value is -0.500. The normalized spacial score (nSPS) is 14.0. The Morgan fingerprint density at radius 3 is 1.52 bits per heavy atom. The summed E-state index contributed by atoms with van der Waals surface area (Å²) >= 11 is 0. The Bertz CT molecular complexity index is 337. The minimum atomic E-state index is 1.10. The van der Waals surface area contributed by atoms with Crippen molar-refractivity contribution in [2.24, 2.45) is 5.73 Å². The first-order chi connectivity index (χ1) is 13.3. The summed E-state index contributed by atoms with van der Waals surface area (Å²) in [4.78, 5) is 2.71. The lowest BCUT2D eigenvalue weighted by molar-refractivity contribution is 0.262. The molecule has 0 unspecified atom stereocenters. The minimum Gasteiger partial charge on any atom is -0.402 e. The Labute approximate surface area is 171 Å². The molecule has 27 heavy (non-hydrogen) atoms. The standard InChI is InChI=1S/C25H50N2/c1-3-5-7-9-11-13-15-21-27(22-16-14-12-10-8-6-4-2)23-20-25(26)24-18-17-19-24/h3-23,26H2,1-2H3. The molecule has 0 bridgehead atoms. The zero-order valence-electron chi connectivity index (χ0n) is 18.9. The van der Waals surface area contributed by atoms with E-state index in [9.17, 15) is 0 Å². The van der Waals surface area contributed by atoms with E-state index in [4.69, 9.17) is 5.73 Å². The summed E-state index contributed by atoms with van der Waals surface area (Å²) < 4.78 is 0. The maximum Gasteiger partial charge on any atom is 0.00852 e. The van der Waals surface area contributed by atoms with E-state index in [2.05, 4.69) is 18.7 Å². The Morgan fingerprint density at radius 1 is 0.667 bits per heavy atom. The lowest BCUT2D eigenvalue weighted by Crippen LogP contribution is -2.28. The van der Waals surface area contributed by atoms with Crippen LogP contribution in [0, 0.1) is 0 Å². The highest BCUT2D eigenvalue weighted by molar-refractivity contribution is 5.16. The van der Waals surface area contributed by atoms with E-state index in [1.54, 1.807) is 5.57 Å². The van der Waals surface area contributed by atoms with Crippen molar-refractivity contribution in [1.29, 1.82) is 0 Å². The Morgan fingerprint density at radius 2 is 1.11 bits per heavy atom. The number of hydrogen-bond donors (Lipinski definition) is 1. The number of nitrogens with two attached hydrogens (primary N) is 1. The SMILES string of the molecule is CCCCCCCCCN(CCCCCCCCC)CCC(N)=C1CCC1. The molecule has 1 aliphatic carbocycles. The first-order valence-corrected chi connectivity index (χ1v) is 12.5. The highest BCUT2D eigenvalue weighted by Crippen LogP contribution is 2.28. The zero-order valence-corrected chi connectivity index (χ0v) is 18.9. The smallest absolute Gasteiger partial charge is 0.00852 e. The van der Waals surface area contributed by atoms with Crippen LogP contribution in [-0.4, -0.2) is 24.5 Å². The number of allylic oxidation sites excluding steroid dienone is 1. The van der Waals surface area contributed by atoms with Crippen LogP contribution in [0.3, 0.4) is 0 Å². The molecule has 0 radical (unpaired) electrons. The average molecular weight is 379 g/mol. The van der Waals surface area contributed by atoms with E-state index >= 15 is 0 Å². The monoisotopic (exact) mass is 378 g/mol. The van der Waals surface area contributed by atoms with Gasteiger partial charge in [0.1, 0.15) is 0 Å². The molecule has 0 saturated heterocycles. The predicted molar refractivity (Wildman–Crippen MR) is 122 cm³/mol. The molecular weight excluding hydrogens is 328 g/mol. The molecule has 1 fully saturated rings. The zero-order chi connectivity index (χ0) is 19.6. The van der Waals surface area contributed by atoms with Crippen LogP contribution in [0.15, 0.2) is 11.3 Å². The summed E-state index contributed by atoms with van der Waals surface area (Å²) in [6.45, 7) is 8.35. The van der Waals surface area contributed by atoms with E-state index in [-0.39, 0.29) is 0 Å². The van der Waals surface area contributed by atoms with Crippen LogP contribution in [-0.2, 0) is 0 Å². The summed E-state index contributed by atoms with van der Waals surface area (Å²) in [5.41, 5.74) is 9.10. The lowest BCUT2D eigenvalue weighted by atomic mass is 9.90. The van der Waals surface area contributed by atoms with E-state index in [1.807, 2.05) is 0 Å². The van der Waals surface area contributed by atoms with Gasteiger partial charge >= 0.3 is 0 Å². The Balaban J connectivity index is 2.17. The van der Waals surface area contributed by atoms with Crippen molar-refractivity contribution in [2.75, 3.05) is 19.6 Å². The van der Waals surface area contributed by atoms with Crippen LogP contribution < -0.4 is 5.73 Å². The highest BCUT2D eigenvalue weighted by atomic mass is 15.1. The third-order valence-electron chi connectivity index (χ3n) is 6.26. The fourth-order valence-corrected chi connectivity index (χ4v) is 4.05. The molecule has 2 N–H and O–H groups in total. The molecule has 0 aromatic carbocycles. The molecule has 2 heteroatoms. The van der Waals surface area contributed by atoms with Crippen molar-refractivity contribution in [3.05, 3.63) is 11.3 Å². The number of hydrogen-bond acceptors (Lipinski definition) is 2. The Kier molecular flexibility index (Phi) is 16.0. The predicted octanol–water partition coefficient (Wildman–Crippen LogP) is 7.58. The maximum atomic E-state index is 6.33. The van der Waals surface area contributed by atoms with Gasteiger partial charge in [0.25, 0.3) is 0 Å². The first-order valence-electron chi connectivity index (χ1n) is 12.5. The van der Waals surface area contributed by atoms with Gasteiger partial charge in [0.15, 0.2) is 0 Å². The van der Waals surface area contributed by atoms with Crippen LogP contribution in [0.25, 0.3) is 0 Å². The molecule has 1 rings (SSSR count). The van der Waals surface area contributed by atoms with Gasteiger partial charge in [0, 0.05) is 12.2 Å². The van der Waals surface area contributed by atoms with E-state index in [0.717, 1.165) is 6.42 Å². The van der Waals surface area contributed by atoms with Crippen molar-refractivity contribution in [3.8, 4) is 0 Å². The molecule has 2 nitrogen and oxygen atoms in total. The molecule has 1 saturated carbocycles. The van der Waals surface area contributed by atoms with Crippen molar-refractivity contribution in [1.82, 2.24) is 4.90 Å². The van der Waals surface area contributed by atoms with Gasteiger partial charge in [0.05, 0.1) is 0 Å². The largest absolute Gasteiger partial charge is 0.402 e. The summed E-state index contributed by atoms with van der Waals surface area (Å²) in [6, 6.07) is 0. The number of rotatable bonds is 19. The lowest BCUT2D eigenvalue weighted by Gasteiger charge is -2.25. The van der Waals surface area contributed by atoms with Crippen LogP contribution in [0.2, 0.25) is 0 Å². The minimum absolute atomic E-state index is 1.10. The molecule has 0 aliphatic heterocycles. The van der Waals surface area contributed by atoms with Crippen LogP contribution in [0.5, 0.6) is 0 Å². The summed E-state index contributed by atoms with van der Waals surface area (Å²) in [5.74, 6) is 0. The molecule has 0 heterocycles. The highest BCUT2D eigenvalue weighted by Gasteiger charge is 2.13. The molecule has 0 atom stereocenters. The van der Waals surface area contributed by atoms with Gasteiger partial charge < -0.3 is 10.6 Å². The fraction of sp³-hybridized carbons (Fsp3) is 0.920. The molecule has 1 aliphatic rings. The van der Waals surface area contributed by atoms with E-state index in [1.165, 1.54) is 134 Å². The van der Waals surface area contributed by atoms with Gasteiger partial charge in [-0.25, -0.2) is 0 Å². The van der Waals surface area contributed by atoms with Crippen molar-refractivity contribution < 1.29 is 0 Å². The molecule has 0 amide bonds. The third-order valence-corrected chi connectivity index (χ3v) is 6.26. The summed E-state index contributed by atoms with van der Waals surface area (Å²) in [7, 11) is 0. The molecule has 0 spiro atoms. The van der Waals surface area contributed by atoms with Gasteiger partial charge in [-0.2, -0.15) is 0 Å². The molecular formula is C25H50N2. The van der Waals surface area contributed by atoms with Crippen LogP contribution >= 0.6 is 0 Å². The molecule has 0 aromatic rings. The van der Waals surface area contributed by atoms with Crippen LogP contribution in [0.1, 0.15) is 129 Å². The van der Waals surface area contributed by atoms with Crippen LogP contribution in [0.4, 0.5) is 0 Å². The van der Waals surface area contributed by atoms with Crippen molar-refractivity contribution in [2.45, 2.75) is 129 Å². The first kappa shape index (κ1) is 24.5. The second-order valence-electron chi connectivity index (χ2n) is 8.82. The van der Waals surface area contributed by atoms with Gasteiger partial charge in [-0.05, 0) is 51.6 Å². The number of nitrogens with zero attached hydrogens (tertiary/aromatic N) is 1. The van der Waals surface area contributed by atoms with Gasteiger partial charge in [-0.3, -0.25) is 0 Å². The van der Waals surface area contributed by atoms with Crippen molar-refractivity contribution in [3.63, 3.8) is 0 Å². The number of unbranched alkanes of at least 4 members (excludes halogenated alkanes) is 12. The van der Waals surface area contributed by atoms with Gasteiger partial charge in [-0.1, -0.05) is 96.5 Å². The van der Waals surface area contributed by atoms with E-state index in [0.29, 0.717) is 0 Å². The van der Waals surface area contributed by atoms with Crippen molar-refractivity contribution >= 4 is 0 Å². The van der Waals surface area contributed by atoms with E-state index < -0.39 is 0 Å². The quantitative estimate of drug-likeness (QED) is 0.235. The van der Waals surface area contributed by atoms with Gasteiger partial charge in [-0.15, -0.1) is 0 Å². The third kappa shape index (κ3) is 13.3.